The van der Waals surface area contributed by atoms with Gasteiger partial charge in [0.1, 0.15) is 5.75 Å². The van der Waals surface area contributed by atoms with Crippen molar-refractivity contribution in [2.45, 2.75) is 20.8 Å². The molecule has 4 heteroatoms. The minimum Gasteiger partial charge on any atom is -0.484 e. The van der Waals surface area contributed by atoms with Gasteiger partial charge < -0.3 is 4.74 Å². The van der Waals surface area contributed by atoms with Crippen molar-refractivity contribution in [1.82, 2.24) is 5.43 Å². The van der Waals surface area contributed by atoms with Crippen molar-refractivity contribution in [1.29, 1.82) is 0 Å². The van der Waals surface area contributed by atoms with E-state index in [1.165, 1.54) is 11.1 Å². The van der Waals surface area contributed by atoms with Crippen LogP contribution in [0.15, 0.2) is 65.8 Å². The van der Waals surface area contributed by atoms with Crippen LogP contribution >= 0.6 is 0 Å². The molecule has 0 aliphatic carbocycles. The Kier molecular flexibility index (Phi) is 5.32. The normalized spacial score (nSPS) is 11.4. The summed E-state index contributed by atoms with van der Waals surface area (Å²) in [5, 5.41) is 6.38. The van der Waals surface area contributed by atoms with Crippen molar-refractivity contribution in [2.24, 2.45) is 5.10 Å². The molecule has 1 amide bonds. The average molecular weight is 346 g/mol. The highest BCUT2D eigenvalue weighted by Crippen LogP contribution is 2.20. The first-order valence-corrected chi connectivity index (χ1v) is 8.55. The van der Waals surface area contributed by atoms with Gasteiger partial charge in [-0.3, -0.25) is 4.79 Å². The summed E-state index contributed by atoms with van der Waals surface area (Å²) >= 11 is 0. The minimum atomic E-state index is -0.290. The smallest absolute Gasteiger partial charge is 0.277 e. The van der Waals surface area contributed by atoms with Crippen molar-refractivity contribution in [3.63, 3.8) is 0 Å². The fourth-order valence-electron chi connectivity index (χ4n) is 2.62. The fraction of sp³-hybridized carbons (Fsp3) is 0.182. The van der Waals surface area contributed by atoms with E-state index in [9.17, 15) is 4.79 Å². The first-order valence-electron chi connectivity index (χ1n) is 8.55. The van der Waals surface area contributed by atoms with E-state index in [1.807, 2.05) is 61.5 Å². The van der Waals surface area contributed by atoms with Crippen LogP contribution in [0, 0.1) is 13.8 Å². The van der Waals surface area contributed by atoms with Crippen molar-refractivity contribution < 1.29 is 9.53 Å². The predicted molar refractivity (Wildman–Crippen MR) is 106 cm³/mol. The second-order valence-electron chi connectivity index (χ2n) is 6.33. The van der Waals surface area contributed by atoms with Gasteiger partial charge in [-0.05, 0) is 66.4 Å². The Morgan fingerprint density at radius 2 is 1.73 bits per heavy atom. The van der Waals surface area contributed by atoms with Gasteiger partial charge >= 0.3 is 0 Å². The summed E-state index contributed by atoms with van der Waals surface area (Å²) in [5.74, 6) is 0.370. The number of nitrogens with zero attached hydrogens (tertiary/aromatic N) is 1. The molecule has 0 bridgehead atoms. The number of amides is 1. The lowest BCUT2D eigenvalue weighted by molar-refractivity contribution is -0.123. The molecule has 132 valence electrons. The molecule has 0 aromatic heterocycles. The number of hydrogen-bond acceptors (Lipinski definition) is 3. The molecule has 0 spiro atoms. The highest BCUT2D eigenvalue weighted by Gasteiger charge is 2.04. The third-order valence-electron chi connectivity index (χ3n) is 4.36. The summed E-state index contributed by atoms with van der Waals surface area (Å²) in [6, 6.07) is 19.9. The van der Waals surface area contributed by atoms with Crippen LogP contribution in [0.25, 0.3) is 10.8 Å². The van der Waals surface area contributed by atoms with Crippen molar-refractivity contribution >= 4 is 22.4 Å². The Morgan fingerprint density at radius 3 is 2.50 bits per heavy atom. The number of hydrogen-bond donors (Lipinski definition) is 1. The van der Waals surface area contributed by atoms with Crippen LogP contribution < -0.4 is 10.2 Å². The average Bonchev–Trinajstić information content (AvgIpc) is 2.66. The van der Waals surface area contributed by atoms with Gasteiger partial charge in [-0.25, -0.2) is 5.43 Å². The lowest BCUT2D eigenvalue weighted by atomic mass is 10.0. The summed E-state index contributed by atoms with van der Waals surface area (Å²) in [6.45, 7) is 5.91. The quantitative estimate of drug-likeness (QED) is 0.551. The van der Waals surface area contributed by atoms with Gasteiger partial charge in [0.15, 0.2) is 6.61 Å². The van der Waals surface area contributed by atoms with E-state index < -0.39 is 0 Å². The van der Waals surface area contributed by atoms with E-state index in [4.69, 9.17) is 4.74 Å². The number of carbonyl (C=O) groups excluding carboxylic acids is 1. The summed E-state index contributed by atoms with van der Waals surface area (Å²) in [6.07, 6.45) is 0. The zero-order valence-electron chi connectivity index (χ0n) is 15.2. The molecule has 0 aliphatic heterocycles. The standard InChI is InChI=1S/C22H22N2O2/c1-15-8-9-19(12-16(15)2)17(3)23-24-22(25)14-26-21-11-10-18-6-4-5-7-20(18)13-21/h4-13H,14H2,1-3H3,(H,24,25). The number of hydrazone groups is 1. The van der Waals surface area contributed by atoms with Crippen LogP contribution in [0.2, 0.25) is 0 Å². The van der Waals surface area contributed by atoms with Crippen LogP contribution in [0.4, 0.5) is 0 Å². The molecule has 0 heterocycles. The molecule has 1 N–H and O–H groups in total. The first-order chi connectivity index (χ1) is 12.5. The maximum absolute atomic E-state index is 12.0. The van der Waals surface area contributed by atoms with Gasteiger partial charge in [0.05, 0.1) is 5.71 Å². The Morgan fingerprint density at radius 1 is 0.962 bits per heavy atom. The molecule has 0 saturated carbocycles. The van der Waals surface area contributed by atoms with E-state index in [-0.39, 0.29) is 12.5 Å². The number of benzene rings is 3. The SMILES string of the molecule is CC(=NNC(=O)COc1ccc2ccccc2c1)c1ccc(C)c(C)c1. The molecule has 3 rings (SSSR count). The summed E-state index contributed by atoms with van der Waals surface area (Å²) in [7, 11) is 0. The monoisotopic (exact) mass is 346 g/mol. The maximum Gasteiger partial charge on any atom is 0.277 e. The molecular formula is C22H22N2O2. The van der Waals surface area contributed by atoms with Gasteiger partial charge in [0, 0.05) is 0 Å². The van der Waals surface area contributed by atoms with E-state index in [0.717, 1.165) is 22.0 Å². The first kappa shape index (κ1) is 17.7. The number of rotatable bonds is 5. The molecular weight excluding hydrogens is 324 g/mol. The van der Waals surface area contributed by atoms with Crippen molar-refractivity contribution in [3.8, 4) is 5.75 Å². The zero-order valence-corrected chi connectivity index (χ0v) is 15.2. The van der Waals surface area contributed by atoms with Crippen LogP contribution in [0.3, 0.4) is 0 Å². The Bertz CT molecular complexity index is 977. The number of aryl methyl sites for hydroxylation is 2. The number of ether oxygens (including phenoxy) is 1. The van der Waals surface area contributed by atoms with Gasteiger partial charge in [-0.15, -0.1) is 0 Å². The van der Waals surface area contributed by atoms with E-state index >= 15 is 0 Å². The summed E-state index contributed by atoms with van der Waals surface area (Å²) in [4.78, 5) is 12.0. The third-order valence-corrected chi connectivity index (χ3v) is 4.36. The highest BCUT2D eigenvalue weighted by molar-refractivity contribution is 5.99. The molecule has 0 radical (unpaired) electrons. The number of nitrogens with one attached hydrogen (secondary N) is 1. The van der Waals surface area contributed by atoms with Crippen molar-refractivity contribution in [3.05, 3.63) is 77.4 Å². The molecule has 3 aromatic rings. The summed E-state index contributed by atoms with van der Waals surface area (Å²) < 4.78 is 5.57. The Hall–Kier alpha value is -3.14. The molecule has 3 aromatic carbocycles. The number of carbonyl (C=O) groups is 1. The van der Waals surface area contributed by atoms with E-state index in [2.05, 4.69) is 30.4 Å². The lowest BCUT2D eigenvalue weighted by Crippen LogP contribution is -2.25. The molecule has 0 atom stereocenters. The Balaban J connectivity index is 1.58. The third kappa shape index (κ3) is 4.28. The van der Waals surface area contributed by atoms with Gasteiger partial charge in [-0.2, -0.15) is 5.10 Å². The highest BCUT2D eigenvalue weighted by atomic mass is 16.5. The van der Waals surface area contributed by atoms with Gasteiger partial charge in [0.25, 0.3) is 5.91 Å². The summed E-state index contributed by atoms with van der Waals surface area (Å²) in [5.41, 5.74) is 6.72. The van der Waals surface area contributed by atoms with E-state index in [1.54, 1.807) is 0 Å². The van der Waals surface area contributed by atoms with Crippen LogP contribution in [0.1, 0.15) is 23.6 Å². The zero-order chi connectivity index (χ0) is 18.5. The van der Waals surface area contributed by atoms with Crippen LogP contribution in [-0.4, -0.2) is 18.2 Å². The number of fused-ring (bicyclic) bond motifs is 1. The second-order valence-corrected chi connectivity index (χ2v) is 6.33. The molecule has 4 nitrogen and oxygen atoms in total. The maximum atomic E-state index is 12.0. The predicted octanol–water partition coefficient (Wildman–Crippen LogP) is 4.38. The molecule has 0 aliphatic rings. The second kappa shape index (κ2) is 7.83. The van der Waals surface area contributed by atoms with Crippen LogP contribution in [0.5, 0.6) is 5.75 Å². The fourth-order valence-corrected chi connectivity index (χ4v) is 2.62. The van der Waals surface area contributed by atoms with Gasteiger partial charge in [-0.1, -0.05) is 42.5 Å². The molecule has 0 saturated heterocycles. The topological polar surface area (TPSA) is 50.7 Å². The molecule has 0 fully saturated rings. The Labute approximate surface area is 153 Å². The largest absolute Gasteiger partial charge is 0.484 e. The lowest BCUT2D eigenvalue weighted by Gasteiger charge is -2.08. The van der Waals surface area contributed by atoms with Crippen LogP contribution in [-0.2, 0) is 4.79 Å². The minimum absolute atomic E-state index is 0.0813. The van der Waals surface area contributed by atoms with E-state index in [0.29, 0.717) is 5.75 Å². The molecule has 26 heavy (non-hydrogen) atoms. The van der Waals surface area contributed by atoms with Gasteiger partial charge in [0.2, 0.25) is 0 Å². The van der Waals surface area contributed by atoms with Crippen molar-refractivity contribution in [2.75, 3.05) is 6.61 Å². The molecule has 0 unspecified atom stereocenters.